The van der Waals surface area contributed by atoms with Gasteiger partial charge in [0.15, 0.2) is 4.80 Å². The van der Waals surface area contributed by atoms with Crippen LogP contribution in [0.5, 0.6) is 0 Å². The molecule has 0 saturated carbocycles. The van der Waals surface area contributed by atoms with Crippen molar-refractivity contribution in [2.24, 2.45) is 4.99 Å². The van der Waals surface area contributed by atoms with E-state index in [-0.39, 0.29) is 12.2 Å². The maximum absolute atomic E-state index is 13.5. The van der Waals surface area contributed by atoms with Crippen LogP contribution in [0.2, 0.25) is 0 Å². The molecule has 2 aromatic heterocycles. The third-order valence-corrected chi connectivity index (χ3v) is 7.38. The fraction of sp³-hybridized carbons (Fsp3) is 0.320. The predicted octanol–water partition coefficient (Wildman–Crippen LogP) is 3.61. The molecule has 3 aromatic rings. The van der Waals surface area contributed by atoms with Gasteiger partial charge in [0.25, 0.3) is 5.56 Å². The molecule has 0 amide bonds. The molecule has 1 atom stereocenters. The van der Waals surface area contributed by atoms with E-state index in [0.717, 1.165) is 10.4 Å². The van der Waals surface area contributed by atoms with Crippen molar-refractivity contribution in [1.82, 2.24) is 4.57 Å². The molecule has 3 heterocycles. The summed E-state index contributed by atoms with van der Waals surface area (Å²) in [6.45, 7) is 6.53. The summed E-state index contributed by atoms with van der Waals surface area (Å²) in [5.41, 5.74) is 2.98. The van der Waals surface area contributed by atoms with E-state index in [4.69, 9.17) is 9.47 Å². The lowest BCUT2D eigenvalue weighted by Crippen LogP contribution is -2.39. The Morgan fingerprint density at radius 2 is 1.97 bits per heavy atom. The van der Waals surface area contributed by atoms with Crippen molar-refractivity contribution in [2.45, 2.75) is 32.7 Å². The molecule has 33 heavy (non-hydrogen) atoms. The lowest BCUT2D eigenvalue weighted by Gasteiger charge is -2.23. The van der Waals surface area contributed by atoms with Crippen LogP contribution in [0, 0.1) is 0 Å². The minimum Gasteiger partial charge on any atom is -0.460 e. The maximum atomic E-state index is 13.5. The van der Waals surface area contributed by atoms with Gasteiger partial charge in [-0.3, -0.25) is 9.36 Å². The Kier molecular flexibility index (Phi) is 7.07. The van der Waals surface area contributed by atoms with Crippen molar-refractivity contribution in [3.8, 4) is 0 Å². The number of methoxy groups -OCH3 is 1. The van der Waals surface area contributed by atoms with E-state index in [1.807, 2.05) is 35.7 Å². The fourth-order valence-electron chi connectivity index (χ4n) is 3.72. The summed E-state index contributed by atoms with van der Waals surface area (Å²) in [5, 5.41) is 1.94. The second-order valence-electron chi connectivity index (χ2n) is 8.05. The van der Waals surface area contributed by atoms with Gasteiger partial charge in [-0.2, -0.15) is 0 Å². The number of ether oxygens (including phenoxy) is 2. The molecule has 172 valence electrons. The molecule has 4 rings (SSSR count). The molecule has 1 aliphatic heterocycles. The van der Waals surface area contributed by atoms with Crippen molar-refractivity contribution in [3.05, 3.63) is 88.7 Å². The van der Waals surface area contributed by atoms with Gasteiger partial charge in [0.2, 0.25) is 0 Å². The number of thiazole rings is 1. The third kappa shape index (κ3) is 4.78. The van der Waals surface area contributed by atoms with Gasteiger partial charge in [-0.15, -0.1) is 11.3 Å². The lowest BCUT2D eigenvalue weighted by atomic mass is 10.0. The number of esters is 1. The van der Waals surface area contributed by atoms with Crippen LogP contribution < -0.4 is 14.9 Å². The Hall–Kier alpha value is -2.81. The minimum atomic E-state index is -0.568. The van der Waals surface area contributed by atoms with Gasteiger partial charge in [-0.25, -0.2) is 9.79 Å². The van der Waals surface area contributed by atoms with Crippen molar-refractivity contribution in [3.63, 3.8) is 0 Å². The van der Waals surface area contributed by atoms with Crippen molar-refractivity contribution >= 4 is 34.7 Å². The zero-order valence-electron chi connectivity index (χ0n) is 19.0. The number of rotatable bonds is 7. The first-order chi connectivity index (χ1) is 15.9. The minimum absolute atomic E-state index is 0.139. The number of carbonyl (C=O) groups is 1. The van der Waals surface area contributed by atoms with E-state index in [1.54, 1.807) is 18.6 Å². The lowest BCUT2D eigenvalue weighted by molar-refractivity contribution is -0.140. The molecule has 0 aliphatic carbocycles. The largest absolute Gasteiger partial charge is 0.460 e. The van der Waals surface area contributed by atoms with Gasteiger partial charge < -0.3 is 9.47 Å². The van der Waals surface area contributed by atoms with Gasteiger partial charge in [-0.1, -0.05) is 55.5 Å². The van der Waals surface area contributed by atoms with Crippen LogP contribution in [0.4, 0.5) is 0 Å². The van der Waals surface area contributed by atoms with Crippen LogP contribution in [-0.2, 0) is 14.3 Å². The van der Waals surface area contributed by atoms with Crippen molar-refractivity contribution in [2.75, 3.05) is 20.3 Å². The Bertz CT molecular complexity index is 1350. The highest BCUT2D eigenvalue weighted by atomic mass is 32.1. The molecule has 6 nitrogen and oxygen atoms in total. The van der Waals surface area contributed by atoms with E-state index in [2.05, 4.69) is 31.0 Å². The number of hydrogen-bond acceptors (Lipinski definition) is 7. The molecular formula is C25H26N2O4S2. The fourth-order valence-corrected chi connectivity index (χ4v) is 5.59. The van der Waals surface area contributed by atoms with Crippen LogP contribution in [0.15, 0.2) is 62.8 Å². The zero-order valence-corrected chi connectivity index (χ0v) is 20.7. The second kappa shape index (κ2) is 9.99. The number of hydrogen-bond donors (Lipinski definition) is 0. The topological polar surface area (TPSA) is 69.9 Å². The zero-order chi connectivity index (χ0) is 23.5. The van der Waals surface area contributed by atoms with Crippen molar-refractivity contribution < 1.29 is 14.3 Å². The first-order valence-electron chi connectivity index (χ1n) is 10.7. The van der Waals surface area contributed by atoms with Crippen LogP contribution in [0.25, 0.3) is 6.08 Å². The molecule has 0 unspecified atom stereocenters. The molecule has 0 bridgehead atoms. The highest BCUT2D eigenvalue weighted by Gasteiger charge is 2.34. The molecule has 1 aromatic carbocycles. The summed E-state index contributed by atoms with van der Waals surface area (Å²) >= 11 is 2.83. The van der Waals surface area contributed by atoms with E-state index in [0.29, 0.717) is 33.1 Å². The number of allylic oxidation sites excluding steroid dienone is 1. The summed E-state index contributed by atoms with van der Waals surface area (Å²) < 4.78 is 12.6. The van der Waals surface area contributed by atoms with Gasteiger partial charge in [0.05, 0.1) is 22.4 Å². The molecule has 0 fully saturated rings. The average molecular weight is 483 g/mol. The number of nitrogens with zero attached hydrogens (tertiary/aromatic N) is 2. The van der Waals surface area contributed by atoms with E-state index < -0.39 is 12.0 Å². The maximum Gasteiger partial charge on any atom is 0.338 e. The first kappa shape index (κ1) is 23.4. The number of thiophene rings is 1. The van der Waals surface area contributed by atoms with Gasteiger partial charge in [-0.05, 0) is 41.5 Å². The Morgan fingerprint density at radius 3 is 2.61 bits per heavy atom. The van der Waals surface area contributed by atoms with Crippen LogP contribution >= 0.6 is 22.7 Å². The standard InChI is InChI=1S/C25H26N2O4S2/c1-15(2)18-9-7-17(8-10-18)14-20-23(28)27-22(19-6-5-13-32-19)21(16(3)26-25(27)33-20)24(29)31-12-11-30-4/h5-10,13-15,22H,11-12H2,1-4H3/b20-14+/t22-/m0/s1. The monoisotopic (exact) mass is 482 g/mol. The number of benzene rings is 1. The summed E-state index contributed by atoms with van der Waals surface area (Å²) in [4.78, 5) is 32.6. The van der Waals surface area contributed by atoms with Crippen LogP contribution in [-0.4, -0.2) is 30.9 Å². The molecule has 0 N–H and O–H groups in total. The Balaban J connectivity index is 1.81. The summed E-state index contributed by atoms with van der Waals surface area (Å²) in [6, 6.07) is 11.5. The second-order valence-corrected chi connectivity index (χ2v) is 10.0. The number of aromatic nitrogens is 1. The van der Waals surface area contributed by atoms with Crippen molar-refractivity contribution in [1.29, 1.82) is 0 Å². The average Bonchev–Trinajstić information content (AvgIpc) is 3.42. The molecular weight excluding hydrogens is 456 g/mol. The Labute approximate surface area is 200 Å². The normalized spacial score (nSPS) is 16.2. The van der Waals surface area contributed by atoms with Crippen LogP contribution in [0.1, 0.15) is 48.7 Å². The number of carbonyl (C=O) groups excluding carboxylic acids is 1. The molecule has 0 saturated heterocycles. The first-order valence-corrected chi connectivity index (χ1v) is 12.4. The summed E-state index contributed by atoms with van der Waals surface area (Å²) in [7, 11) is 1.55. The molecule has 0 spiro atoms. The summed E-state index contributed by atoms with van der Waals surface area (Å²) in [6.07, 6.45) is 1.88. The van der Waals surface area contributed by atoms with E-state index in [9.17, 15) is 9.59 Å². The smallest absolute Gasteiger partial charge is 0.338 e. The quantitative estimate of drug-likeness (QED) is 0.381. The van der Waals surface area contributed by atoms with Gasteiger partial charge in [0, 0.05) is 12.0 Å². The van der Waals surface area contributed by atoms with E-state index in [1.165, 1.54) is 28.2 Å². The van der Waals surface area contributed by atoms with Gasteiger partial charge >= 0.3 is 5.97 Å². The number of fused-ring (bicyclic) bond motifs is 1. The molecule has 8 heteroatoms. The highest BCUT2D eigenvalue weighted by Crippen LogP contribution is 2.33. The molecule has 0 radical (unpaired) electrons. The van der Waals surface area contributed by atoms with Gasteiger partial charge in [0.1, 0.15) is 12.6 Å². The van der Waals surface area contributed by atoms with Crippen LogP contribution in [0.3, 0.4) is 0 Å². The summed E-state index contributed by atoms with van der Waals surface area (Å²) in [5.74, 6) is -0.0366. The Morgan fingerprint density at radius 1 is 1.21 bits per heavy atom. The predicted molar refractivity (Wildman–Crippen MR) is 131 cm³/mol. The highest BCUT2D eigenvalue weighted by molar-refractivity contribution is 7.10. The molecule has 1 aliphatic rings. The SMILES string of the molecule is COCCOC(=O)C1=C(C)N=c2s/c(=C/c3ccc(C(C)C)cc3)c(=O)n2[C@H]1c1cccs1. The van der Waals surface area contributed by atoms with E-state index >= 15 is 0 Å². The third-order valence-electron chi connectivity index (χ3n) is 5.48.